The smallest absolute Gasteiger partial charge is 0.228 e. The molecule has 3 heteroatoms. The van der Waals surface area contributed by atoms with E-state index in [9.17, 15) is 4.79 Å². The predicted octanol–water partition coefficient (Wildman–Crippen LogP) is 0.217. The molecule has 12 heavy (non-hydrogen) atoms. The molecule has 0 bridgehead atoms. The maximum atomic E-state index is 11.4. The molecule has 1 amide bonds. The first-order valence-corrected chi connectivity index (χ1v) is 4.66. The third-order valence-electron chi connectivity index (χ3n) is 3.11. The molecular weight excluding hydrogens is 152 g/mol. The number of carbonyl (C=O) groups is 1. The van der Waals surface area contributed by atoms with Crippen molar-refractivity contribution in [3.8, 4) is 0 Å². The van der Waals surface area contributed by atoms with Crippen LogP contribution in [0, 0.1) is 5.41 Å². The summed E-state index contributed by atoms with van der Waals surface area (Å²) in [6.07, 6.45) is 1.04. The van der Waals surface area contributed by atoms with Crippen molar-refractivity contribution in [2.24, 2.45) is 5.41 Å². The Morgan fingerprint density at radius 2 is 2.17 bits per heavy atom. The van der Waals surface area contributed by atoms with Crippen LogP contribution in [0.2, 0.25) is 0 Å². The molecule has 3 nitrogen and oxygen atoms in total. The Labute approximate surface area is 73.1 Å². The van der Waals surface area contributed by atoms with E-state index < -0.39 is 0 Å². The van der Waals surface area contributed by atoms with Crippen LogP contribution in [0.1, 0.15) is 20.3 Å². The summed E-state index contributed by atoms with van der Waals surface area (Å²) in [6.45, 7) is 7.18. The molecule has 0 unspecified atom stereocenters. The van der Waals surface area contributed by atoms with E-state index in [1.165, 1.54) is 0 Å². The van der Waals surface area contributed by atoms with Crippen LogP contribution in [0.5, 0.6) is 0 Å². The van der Waals surface area contributed by atoms with Gasteiger partial charge in [0.05, 0.1) is 5.41 Å². The SMILES string of the molecule is CC(C)N1CC2(CCNC2=O)C1. The Bertz CT molecular complexity index is 207. The number of nitrogens with one attached hydrogen (secondary N) is 1. The van der Waals surface area contributed by atoms with Gasteiger partial charge in [-0.1, -0.05) is 0 Å². The lowest BCUT2D eigenvalue weighted by Crippen LogP contribution is -2.61. The molecule has 1 N–H and O–H groups in total. The number of amides is 1. The van der Waals surface area contributed by atoms with Crippen LogP contribution in [-0.4, -0.2) is 36.5 Å². The van der Waals surface area contributed by atoms with Gasteiger partial charge in [0.2, 0.25) is 5.91 Å². The van der Waals surface area contributed by atoms with E-state index in [0.717, 1.165) is 26.1 Å². The highest BCUT2D eigenvalue weighted by molar-refractivity contribution is 5.86. The molecule has 0 saturated carbocycles. The first kappa shape index (κ1) is 8.05. The number of likely N-dealkylation sites (tertiary alicyclic amines) is 1. The minimum absolute atomic E-state index is 0.00424. The Hall–Kier alpha value is -0.570. The summed E-state index contributed by atoms with van der Waals surface area (Å²) in [5.74, 6) is 0.277. The minimum Gasteiger partial charge on any atom is -0.355 e. The molecule has 1 spiro atoms. The van der Waals surface area contributed by atoms with Crippen LogP contribution in [-0.2, 0) is 4.79 Å². The van der Waals surface area contributed by atoms with E-state index >= 15 is 0 Å². The van der Waals surface area contributed by atoms with E-state index in [2.05, 4.69) is 24.1 Å². The monoisotopic (exact) mass is 168 g/mol. The molecule has 0 aromatic heterocycles. The van der Waals surface area contributed by atoms with Gasteiger partial charge < -0.3 is 5.32 Å². The standard InChI is InChI=1S/C9H16N2O/c1-7(2)11-5-9(6-11)3-4-10-8(9)12/h7H,3-6H2,1-2H3,(H,10,12). The molecular formula is C9H16N2O. The first-order chi connectivity index (χ1) is 5.64. The van der Waals surface area contributed by atoms with Gasteiger partial charge >= 0.3 is 0 Å². The van der Waals surface area contributed by atoms with Crippen molar-refractivity contribution in [1.82, 2.24) is 10.2 Å². The second-order valence-electron chi connectivity index (χ2n) is 4.28. The lowest BCUT2D eigenvalue weighted by molar-refractivity contribution is -0.138. The molecule has 2 aliphatic heterocycles. The van der Waals surface area contributed by atoms with Gasteiger partial charge in [-0.25, -0.2) is 0 Å². The fraction of sp³-hybridized carbons (Fsp3) is 0.889. The van der Waals surface area contributed by atoms with Gasteiger partial charge in [-0.15, -0.1) is 0 Å². The summed E-state index contributed by atoms with van der Waals surface area (Å²) in [5.41, 5.74) is 0.00424. The van der Waals surface area contributed by atoms with Gasteiger partial charge in [0.15, 0.2) is 0 Å². The highest BCUT2D eigenvalue weighted by atomic mass is 16.2. The van der Waals surface area contributed by atoms with Gasteiger partial charge in [0, 0.05) is 25.7 Å². The maximum Gasteiger partial charge on any atom is 0.228 e. The molecule has 0 radical (unpaired) electrons. The Kier molecular flexibility index (Phi) is 1.65. The molecule has 0 aromatic rings. The molecule has 0 aliphatic carbocycles. The second kappa shape index (κ2) is 2.46. The zero-order valence-electron chi connectivity index (χ0n) is 7.76. The second-order valence-corrected chi connectivity index (χ2v) is 4.28. The predicted molar refractivity (Wildman–Crippen MR) is 46.8 cm³/mol. The number of hydrogen-bond donors (Lipinski definition) is 1. The Morgan fingerprint density at radius 1 is 1.50 bits per heavy atom. The Morgan fingerprint density at radius 3 is 2.58 bits per heavy atom. The van der Waals surface area contributed by atoms with E-state index in [1.54, 1.807) is 0 Å². The number of hydrogen-bond acceptors (Lipinski definition) is 2. The summed E-state index contributed by atoms with van der Waals surface area (Å²) in [4.78, 5) is 13.8. The number of carbonyl (C=O) groups excluding carboxylic acids is 1. The number of rotatable bonds is 1. The van der Waals surface area contributed by atoms with Crippen molar-refractivity contribution < 1.29 is 4.79 Å². The summed E-state index contributed by atoms with van der Waals surface area (Å²) < 4.78 is 0. The largest absolute Gasteiger partial charge is 0.355 e. The van der Waals surface area contributed by atoms with Crippen LogP contribution in [0.3, 0.4) is 0 Å². The van der Waals surface area contributed by atoms with Gasteiger partial charge in [-0.05, 0) is 20.3 Å². The quantitative estimate of drug-likeness (QED) is 0.607. The fourth-order valence-electron chi connectivity index (χ4n) is 2.11. The van der Waals surface area contributed by atoms with E-state index in [-0.39, 0.29) is 11.3 Å². The van der Waals surface area contributed by atoms with Crippen molar-refractivity contribution in [1.29, 1.82) is 0 Å². The van der Waals surface area contributed by atoms with Crippen LogP contribution in [0.15, 0.2) is 0 Å². The van der Waals surface area contributed by atoms with Crippen molar-refractivity contribution in [2.45, 2.75) is 26.3 Å². The fourth-order valence-corrected chi connectivity index (χ4v) is 2.11. The van der Waals surface area contributed by atoms with Crippen molar-refractivity contribution >= 4 is 5.91 Å². The molecule has 2 heterocycles. The molecule has 68 valence electrons. The maximum absolute atomic E-state index is 11.4. The lowest BCUT2D eigenvalue weighted by Gasteiger charge is -2.48. The summed E-state index contributed by atoms with van der Waals surface area (Å²) >= 11 is 0. The minimum atomic E-state index is 0.00424. The molecule has 2 aliphatic rings. The third-order valence-corrected chi connectivity index (χ3v) is 3.11. The van der Waals surface area contributed by atoms with Crippen molar-refractivity contribution in [3.05, 3.63) is 0 Å². The average molecular weight is 168 g/mol. The van der Waals surface area contributed by atoms with Crippen LogP contribution < -0.4 is 5.32 Å². The topological polar surface area (TPSA) is 32.3 Å². The van der Waals surface area contributed by atoms with Gasteiger partial charge in [0.1, 0.15) is 0 Å². The molecule has 2 fully saturated rings. The normalized spacial score (nSPS) is 27.8. The van der Waals surface area contributed by atoms with E-state index in [4.69, 9.17) is 0 Å². The summed E-state index contributed by atoms with van der Waals surface area (Å²) in [6, 6.07) is 0.587. The zero-order valence-corrected chi connectivity index (χ0v) is 7.76. The zero-order chi connectivity index (χ0) is 8.77. The van der Waals surface area contributed by atoms with Crippen molar-refractivity contribution in [2.75, 3.05) is 19.6 Å². The number of nitrogens with zero attached hydrogens (tertiary/aromatic N) is 1. The first-order valence-electron chi connectivity index (χ1n) is 4.66. The van der Waals surface area contributed by atoms with Crippen molar-refractivity contribution in [3.63, 3.8) is 0 Å². The Balaban J connectivity index is 1.98. The van der Waals surface area contributed by atoms with Gasteiger partial charge in [0.25, 0.3) is 0 Å². The highest BCUT2D eigenvalue weighted by Gasteiger charge is 2.51. The average Bonchev–Trinajstić information content (AvgIpc) is 2.26. The molecule has 0 aromatic carbocycles. The summed E-state index contributed by atoms with van der Waals surface area (Å²) in [5, 5.41) is 2.91. The van der Waals surface area contributed by atoms with Crippen LogP contribution >= 0.6 is 0 Å². The van der Waals surface area contributed by atoms with E-state index in [0.29, 0.717) is 6.04 Å². The molecule has 0 atom stereocenters. The van der Waals surface area contributed by atoms with Gasteiger partial charge in [-0.2, -0.15) is 0 Å². The van der Waals surface area contributed by atoms with Gasteiger partial charge in [-0.3, -0.25) is 9.69 Å². The molecule has 2 rings (SSSR count). The van der Waals surface area contributed by atoms with Crippen LogP contribution in [0.25, 0.3) is 0 Å². The summed E-state index contributed by atoms with van der Waals surface area (Å²) in [7, 11) is 0. The third kappa shape index (κ3) is 0.959. The van der Waals surface area contributed by atoms with E-state index in [1.807, 2.05) is 0 Å². The van der Waals surface area contributed by atoms with Crippen LogP contribution in [0.4, 0.5) is 0 Å². The highest BCUT2D eigenvalue weighted by Crippen LogP contribution is 2.37. The molecule has 2 saturated heterocycles. The lowest BCUT2D eigenvalue weighted by atomic mass is 9.77.